The molecule has 0 unspecified atom stereocenters. The Morgan fingerprint density at radius 3 is 2.42 bits per heavy atom. The molecular formula is C31H33ClN2O3S. The number of carbonyl (C=O) groups is 1. The number of fused-ring (bicyclic) bond motifs is 1. The third-order valence-corrected chi connectivity index (χ3v) is 9.29. The van der Waals surface area contributed by atoms with Crippen LogP contribution in [0.3, 0.4) is 0 Å². The van der Waals surface area contributed by atoms with Crippen molar-refractivity contribution in [1.29, 1.82) is 0 Å². The summed E-state index contributed by atoms with van der Waals surface area (Å²) in [6.45, 7) is 0.450. The lowest BCUT2D eigenvalue weighted by atomic mass is 9.89. The predicted octanol–water partition coefficient (Wildman–Crippen LogP) is 6.90. The van der Waals surface area contributed by atoms with Gasteiger partial charge in [-0.05, 0) is 67.6 Å². The lowest BCUT2D eigenvalue weighted by molar-refractivity contribution is 0.0604. The van der Waals surface area contributed by atoms with E-state index in [4.69, 9.17) is 16.3 Å². The van der Waals surface area contributed by atoms with Gasteiger partial charge < -0.3 is 20.1 Å². The number of nitrogens with one attached hydrogen (secondary N) is 1. The third-order valence-electron chi connectivity index (χ3n) is 7.63. The summed E-state index contributed by atoms with van der Waals surface area (Å²) in [7, 11) is 3.68. The van der Waals surface area contributed by atoms with E-state index in [1.165, 1.54) is 11.3 Å². The lowest BCUT2D eigenvalue weighted by Gasteiger charge is -2.37. The number of hydrogen-bond acceptors (Lipinski definition) is 5. The van der Waals surface area contributed by atoms with Gasteiger partial charge in [0.15, 0.2) is 0 Å². The van der Waals surface area contributed by atoms with E-state index in [2.05, 4.69) is 11.4 Å². The summed E-state index contributed by atoms with van der Waals surface area (Å²) in [5, 5.41) is 14.3. The van der Waals surface area contributed by atoms with Gasteiger partial charge in [-0.2, -0.15) is 0 Å². The van der Waals surface area contributed by atoms with Crippen LogP contribution >= 0.6 is 22.9 Å². The maximum atomic E-state index is 14.2. The van der Waals surface area contributed by atoms with Crippen molar-refractivity contribution in [2.45, 2.75) is 50.9 Å². The molecule has 0 atom stereocenters. The molecule has 5 nitrogen and oxygen atoms in total. The van der Waals surface area contributed by atoms with Crippen molar-refractivity contribution in [1.82, 2.24) is 10.2 Å². The summed E-state index contributed by atoms with van der Waals surface area (Å²) in [5.74, 6) is 0.730. The van der Waals surface area contributed by atoms with Gasteiger partial charge in [-0.1, -0.05) is 60.1 Å². The zero-order valence-corrected chi connectivity index (χ0v) is 23.3. The SMILES string of the molecule is CNC1CCC(N(Cc2cc(-c3ccc(CO)cc3)ccc2OC)C(=O)c2sc3ccccc3c2Cl)CC1. The first-order chi connectivity index (χ1) is 18.5. The number of aliphatic hydroxyl groups excluding tert-OH is 1. The van der Waals surface area contributed by atoms with Gasteiger partial charge in [0.1, 0.15) is 10.6 Å². The molecule has 0 radical (unpaired) electrons. The quantitative estimate of drug-likeness (QED) is 0.251. The van der Waals surface area contributed by atoms with Crippen LogP contribution in [-0.4, -0.2) is 42.2 Å². The first-order valence-electron chi connectivity index (χ1n) is 13.0. The Morgan fingerprint density at radius 2 is 1.76 bits per heavy atom. The predicted molar refractivity (Wildman–Crippen MR) is 156 cm³/mol. The number of benzene rings is 3. The normalized spacial score (nSPS) is 17.5. The second-order valence-electron chi connectivity index (χ2n) is 9.85. The van der Waals surface area contributed by atoms with Gasteiger partial charge in [0.25, 0.3) is 5.91 Å². The molecule has 198 valence electrons. The molecule has 38 heavy (non-hydrogen) atoms. The molecule has 7 heteroatoms. The van der Waals surface area contributed by atoms with Crippen molar-refractivity contribution in [3.8, 4) is 16.9 Å². The minimum Gasteiger partial charge on any atom is -0.496 e. The van der Waals surface area contributed by atoms with E-state index in [0.717, 1.165) is 63.8 Å². The molecule has 1 aromatic heterocycles. The van der Waals surface area contributed by atoms with Crippen LogP contribution < -0.4 is 10.1 Å². The van der Waals surface area contributed by atoms with Crippen LogP contribution in [0, 0.1) is 0 Å². The average molecular weight is 549 g/mol. The van der Waals surface area contributed by atoms with E-state index in [9.17, 15) is 9.90 Å². The molecule has 0 spiro atoms. The van der Waals surface area contributed by atoms with Crippen molar-refractivity contribution in [2.75, 3.05) is 14.2 Å². The molecule has 1 fully saturated rings. The number of nitrogens with zero attached hydrogens (tertiary/aromatic N) is 1. The fourth-order valence-corrected chi connectivity index (χ4v) is 6.86. The van der Waals surface area contributed by atoms with Crippen LogP contribution in [0.25, 0.3) is 21.2 Å². The molecule has 1 heterocycles. The summed E-state index contributed by atoms with van der Waals surface area (Å²) in [4.78, 5) is 16.8. The van der Waals surface area contributed by atoms with Crippen molar-refractivity contribution < 1.29 is 14.6 Å². The van der Waals surface area contributed by atoms with Gasteiger partial charge in [-0.15, -0.1) is 11.3 Å². The molecule has 0 saturated heterocycles. The van der Waals surface area contributed by atoms with Crippen LogP contribution in [-0.2, 0) is 13.2 Å². The standard InChI is InChI=1S/C31H33ClN2O3S/c1-33-24-12-14-25(15-13-24)34(31(36)30-29(32)26-5-3-4-6-28(26)38-30)18-23-17-22(11-16-27(23)37-2)21-9-7-20(19-35)8-10-21/h3-11,16-17,24-25,33,35H,12-15,18-19H2,1-2H3. The van der Waals surface area contributed by atoms with E-state index in [-0.39, 0.29) is 18.6 Å². The summed E-state index contributed by atoms with van der Waals surface area (Å²) in [6, 6.07) is 22.5. The number of methoxy groups -OCH3 is 1. The molecular weight excluding hydrogens is 516 g/mol. The van der Waals surface area contributed by atoms with Crippen LogP contribution in [0.2, 0.25) is 5.02 Å². The van der Waals surface area contributed by atoms with E-state index < -0.39 is 0 Å². The van der Waals surface area contributed by atoms with E-state index >= 15 is 0 Å². The highest BCUT2D eigenvalue weighted by atomic mass is 35.5. The molecule has 3 aromatic carbocycles. The van der Waals surface area contributed by atoms with Crippen molar-refractivity contribution in [3.63, 3.8) is 0 Å². The van der Waals surface area contributed by atoms with Gasteiger partial charge >= 0.3 is 0 Å². The second-order valence-corrected chi connectivity index (χ2v) is 11.3. The fourth-order valence-electron chi connectivity index (χ4n) is 5.39. The Hall–Kier alpha value is -2.90. The minimum absolute atomic E-state index is 0.0152. The zero-order valence-electron chi connectivity index (χ0n) is 21.7. The maximum Gasteiger partial charge on any atom is 0.266 e. The van der Waals surface area contributed by atoms with Crippen molar-refractivity contribution >= 4 is 38.9 Å². The number of aliphatic hydroxyl groups is 1. The number of rotatable bonds is 8. The van der Waals surface area contributed by atoms with Gasteiger partial charge in [0.2, 0.25) is 0 Å². The highest BCUT2D eigenvalue weighted by Crippen LogP contribution is 2.38. The van der Waals surface area contributed by atoms with Gasteiger partial charge in [-0.3, -0.25) is 4.79 Å². The van der Waals surface area contributed by atoms with Gasteiger partial charge in [0.05, 0.1) is 18.7 Å². The first-order valence-corrected chi connectivity index (χ1v) is 14.2. The smallest absolute Gasteiger partial charge is 0.266 e. The number of halogens is 1. The minimum atomic E-state index is -0.0242. The van der Waals surface area contributed by atoms with Crippen LogP contribution in [0.5, 0.6) is 5.75 Å². The molecule has 0 aliphatic heterocycles. The highest BCUT2D eigenvalue weighted by molar-refractivity contribution is 7.21. The maximum absolute atomic E-state index is 14.2. The van der Waals surface area contributed by atoms with Gasteiger partial charge in [-0.25, -0.2) is 0 Å². The number of ether oxygens (including phenoxy) is 1. The summed E-state index contributed by atoms with van der Waals surface area (Å²) in [5.41, 5.74) is 3.91. The van der Waals surface area contributed by atoms with Crippen LogP contribution in [0.15, 0.2) is 66.7 Å². The monoisotopic (exact) mass is 548 g/mol. The average Bonchev–Trinajstić information content (AvgIpc) is 3.32. The Labute approximate surface area is 233 Å². The Bertz CT molecular complexity index is 1410. The Balaban J connectivity index is 1.51. The number of carbonyl (C=O) groups excluding carboxylic acids is 1. The third kappa shape index (κ3) is 5.45. The van der Waals surface area contributed by atoms with Crippen molar-refractivity contribution in [3.05, 3.63) is 87.8 Å². The van der Waals surface area contributed by atoms with E-state index in [0.29, 0.717) is 22.5 Å². The molecule has 1 saturated carbocycles. The highest BCUT2D eigenvalue weighted by Gasteiger charge is 2.32. The lowest BCUT2D eigenvalue weighted by Crippen LogP contribution is -2.44. The second kappa shape index (κ2) is 11.9. The summed E-state index contributed by atoms with van der Waals surface area (Å²) in [6.07, 6.45) is 3.92. The van der Waals surface area contributed by atoms with E-state index in [1.54, 1.807) is 7.11 Å². The Kier molecular flexibility index (Phi) is 8.34. The molecule has 0 bridgehead atoms. The zero-order chi connectivity index (χ0) is 26.6. The fraction of sp³-hybridized carbons (Fsp3) is 0.323. The number of amides is 1. The van der Waals surface area contributed by atoms with Gasteiger partial charge in [0, 0.05) is 34.3 Å². The van der Waals surface area contributed by atoms with Crippen LogP contribution in [0.1, 0.15) is 46.5 Å². The first kappa shape index (κ1) is 26.7. The molecule has 2 N–H and O–H groups in total. The van der Waals surface area contributed by atoms with E-state index in [1.807, 2.05) is 72.6 Å². The Morgan fingerprint density at radius 1 is 1.05 bits per heavy atom. The molecule has 1 aliphatic carbocycles. The molecule has 1 aliphatic rings. The number of thiophene rings is 1. The summed E-state index contributed by atoms with van der Waals surface area (Å²) >= 11 is 8.25. The summed E-state index contributed by atoms with van der Waals surface area (Å²) < 4.78 is 6.77. The molecule has 1 amide bonds. The molecule has 4 aromatic rings. The largest absolute Gasteiger partial charge is 0.496 e. The number of hydrogen-bond donors (Lipinski definition) is 2. The topological polar surface area (TPSA) is 61.8 Å². The molecule has 5 rings (SSSR count). The van der Waals surface area contributed by atoms with Crippen molar-refractivity contribution in [2.24, 2.45) is 0 Å². The van der Waals surface area contributed by atoms with Crippen LogP contribution in [0.4, 0.5) is 0 Å².